The van der Waals surface area contributed by atoms with Crippen LogP contribution < -0.4 is 19.1 Å². The quantitative estimate of drug-likeness (QED) is 0.756. The van der Waals surface area contributed by atoms with Crippen LogP contribution in [0, 0.1) is 0 Å². The molecule has 27 heavy (non-hydrogen) atoms. The zero-order valence-corrected chi connectivity index (χ0v) is 16.2. The number of thiocarbonyl (C=S) groups is 1. The smallest absolute Gasteiger partial charge is 0.256 e. The maximum Gasteiger partial charge on any atom is 0.256 e. The van der Waals surface area contributed by atoms with Crippen molar-refractivity contribution in [2.45, 2.75) is 19.0 Å². The summed E-state index contributed by atoms with van der Waals surface area (Å²) < 4.78 is 16.2. The molecule has 4 rings (SSSR count). The lowest BCUT2D eigenvalue weighted by atomic mass is 9.94. The molecule has 7 heteroatoms. The van der Waals surface area contributed by atoms with E-state index in [1.807, 2.05) is 41.3 Å². The van der Waals surface area contributed by atoms with E-state index in [-0.39, 0.29) is 11.9 Å². The lowest BCUT2D eigenvalue weighted by Gasteiger charge is -2.31. The lowest BCUT2D eigenvalue weighted by molar-refractivity contribution is -0.120. The summed E-state index contributed by atoms with van der Waals surface area (Å²) in [6.45, 7) is 0.552. The zero-order valence-electron chi connectivity index (χ0n) is 15.4. The molecule has 1 amide bonds. The highest BCUT2D eigenvalue weighted by Crippen LogP contribution is 2.39. The lowest BCUT2D eigenvalue weighted by Crippen LogP contribution is -2.40. The van der Waals surface area contributed by atoms with E-state index in [0.717, 1.165) is 11.1 Å². The van der Waals surface area contributed by atoms with Crippen molar-refractivity contribution in [2.75, 3.05) is 26.2 Å². The van der Waals surface area contributed by atoms with Gasteiger partial charge in [-0.15, -0.1) is 0 Å². The Morgan fingerprint density at radius 2 is 1.59 bits per heavy atom. The van der Waals surface area contributed by atoms with Gasteiger partial charge in [0.1, 0.15) is 11.8 Å². The summed E-state index contributed by atoms with van der Waals surface area (Å²) in [6.07, 6.45) is 0.570. The number of nitrogens with zero attached hydrogens (tertiary/aromatic N) is 2. The molecule has 0 N–H and O–H groups in total. The minimum absolute atomic E-state index is 0.0371. The number of carbonyl (C=O) groups excluding carboxylic acids is 1. The van der Waals surface area contributed by atoms with E-state index < -0.39 is 0 Å². The highest BCUT2D eigenvalue weighted by atomic mass is 32.1. The van der Waals surface area contributed by atoms with Gasteiger partial charge in [0.25, 0.3) is 5.91 Å². The van der Waals surface area contributed by atoms with Gasteiger partial charge in [-0.1, -0.05) is 12.1 Å². The van der Waals surface area contributed by atoms with Crippen molar-refractivity contribution in [1.82, 2.24) is 4.90 Å². The molecule has 2 aliphatic rings. The SMILES string of the molecule is COc1cc2c(cc1OC)CN1C(=S)N(c3ccccc3OC)C(=O)[C@@H]1C2. The molecular formula is C20H20N2O4S. The molecular weight excluding hydrogens is 364 g/mol. The summed E-state index contributed by atoms with van der Waals surface area (Å²) in [6, 6.07) is 11.0. The van der Waals surface area contributed by atoms with Crippen LogP contribution in [0.25, 0.3) is 0 Å². The van der Waals surface area contributed by atoms with E-state index >= 15 is 0 Å². The summed E-state index contributed by atoms with van der Waals surface area (Å²) >= 11 is 5.66. The van der Waals surface area contributed by atoms with Crippen LogP contribution in [0.2, 0.25) is 0 Å². The maximum absolute atomic E-state index is 13.2. The highest BCUT2D eigenvalue weighted by molar-refractivity contribution is 7.80. The van der Waals surface area contributed by atoms with E-state index in [2.05, 4.69) is 0 Å². The van der Waals surface area contributed by atoms with E-state index in [1.165, 1.54) is 0 Å². The maximum atomic E-state index is 13.2. The predicted octanol–water partition coefficient (Wildman–Crippen LogP) is 2.77. The molecule has 2 aromatic rings. The second-order valence-electron chi connectivity index (χ2n) is 6.45. The Morgan fingerprint density at radius 1 is 0.963 bits per heavy atom. The number of ether oxygens (including phenoxy) is 3. The third kappa shape index (κ3) is 2.70. The Morgan fingerprint density at radius 3 is 2.26 bits per heavy atom. The Balaban J connectivity index is 1.72. The fourth-order valence-electron chi connectivity index (χ4n) is 3.74. The van der Waals surface area contributed by atoms with E-state index in [0.29, 0.717) is 41.0 Å². The van der Waals surface area contributed by atoms with Gasteiger partial charge >= 0.3 is 0 Å². The van der Waals surface area contributed by atoms with Crippen molar-refractivity contribution in [1.29, 1.82) is 0 Å². The van der Waals surface area contributed by atoms with Crippen molar-refractivity contribution in [3.63, 3.8) is 0 Å². The van der Waals surface area contributed by atoms with Gasteiger partial charge < -0.3 is 19.1 Å². The average Bonchev–Trinajstić information content (AvgIpc) is 2.94. The van der Waals surface area contributed by atoms with Gasteiger partial charge in [0, 0.05) is 13.0 Å². The third-order valence-corrected chi connectivity index (χ3v) is 5.52. The Kier molecular flexibility index (Phi) is 4.39. The van der Waals surface area contributed by atoms with Gasteiger partial charge in [0.2, 0.25) is 0 Å². The zero-order chi connectivity index (χ0) is 19.1. The molecule has 0 bridgehead atoms. The molecule has 2 aromatic carbocycles. The summed E-state index contributed by atoms with van der Waals surface area (Å²) in [4.78, 5) is 16.7. The second kappa shape index (κ2) is 6.74. The van der Waals surface area contributed by atoms with Crippen LogP contribution in [0.15, 0.2) is 36.4 Å². The number of benzene rings is 2. The number of hydrogen-bond donors (Lipinski definition) is 0. The number of rotatable bonds is 4. The Bertz CT molecular complexity index is 879. The van der Waals surface area contributed by atoms with Crippen molar-refractivity contribution in [3.8, 4) is 17.2 Å². The minimum Gasteiger partial charge on any atom is -0.495 e. The number of fused-ring (bicyclic) bond motifs is 2. The summed E-state index contributed by atoms with van der Waals surface area (Å²) in [5, 5.41) is 0.495. The third-order valence-electron chi connectivity index (χ3n) is 5.10. The first kappa shape index (κ1) is 17.6. The van der Waals surface area contributed by atoms with Crippen LogP contribution in [0.1, 0.15) is 11.1 Å². The highest BCUT2D eigenvalue weighted by Gasteiger charge is 2.46. The number of methoxy groups -OCH3 is 3. The van der Waals surface area contributed by atoms with Gasteiger partial charge in [-0.2, -0.15) is 0 Å². The van der Waals surface area contributed by atoms with E-state index in [4.69, 9.17) is 26.4 Å². The number of anilines is 1. The van der Waals surface area contributed by atoms with Crippen molar-refractivity contribution < 1.29 is 19.0 Å². The fourth-order valence-corrected chi connectivity index (χ4v) is 4.12. The van der Waals surface area contributed by atoms with Gasteiger partial charge in [0.05, 0.1) is 27.0 Å². The largest absolute Gasteiger partial charge is 0.495 e. The van der Waals surface area contributed by atoms with Crippen molar-refractivity contribution in [2.24, 2.45) is 0 Å². The van der Waals surface area contributed by atoms with Crippen LogP contribution >= 0.6 is 12.2 Å². The standard InChI is InChI=1S/C20H20N2O4S/c1-24-16-7-5-4-6-14(16)22-19(23)15-8-12-9-17(25-2)18(26-3)10-13(12)11-21(15)20(22)27/h4-7,9-10,15H,8,11H2,1-3H3/t15-/m0/s1. The summed E-state index contributed by atoms with van der Waals surface area (Å²) in [5.74, 6) is 1.92. The van der Waals surface area contributed by atoms with Gasteiger partial charge in [-0.3, -0.25) is 9.69 Å². The Labute approximate surface area is 163 Å². The van der Waals surface area contributed by atoms with Gasteiger partial charge in [0.15, 0.2) is 16.6 Å². The molecule has 0 spiro atoms. The monoisotopic (exact) mass is 384 g/mol. The first-order chi connectivity index (χ1) is 13.1. The average molecular weight is 384 g/mol. The molecule has 0 unspecified atom stereocenters. The molecule has 6 nitrogen and oxygen atoms in total. The summed E-state index contributed by atoms with van der Waals surface area (Å²) in [5.41, 5.74) is 2.83. The molecule has 1 fully saturated rings. The van der Waals surface area contributed by atoms with E-state index in [9.17, 15) is 4.79 Å². The first-order valence-electron chi connectivity index (χ1n) is 8.60. The second-order valence-corrected chi connectivity index (χ2v) is 6.82. The molecule has 0 radical (unpaired) electrons. The topological polar surface area (TPSA) is 51.2 Å². The summed E-state index contributed by atoms with van der Waals surface area (Å²) in [7, 11) is 4.81. The van der Waals surface area contributed by atoms with Crippen LogP contribution in [-0.2, 0) is 17.8 Å². The molecule has 140 valence electrons. The number of hydrogen-bond acceptors (Lipinski definition) is 5. The van der Waals surface area contributed by atoms with Crippen molar-refractivity contribution >= 4 is 28.9 Å². The molecule has 0 aromatic heterocycles. The Hall–Kier alpha value is -2.80. The fraction of sp³-hybridized carbons (Fsp3) is 0.300. The van der Waals surface area contributed by atoms with E-state index in [1.54, 1.807) is 26.2 Å². The van der Waals surface area contributed by atoms with Gasteiger partial charge in [-0.05, 0) is 47.6 Å². The predicted molar refractivity (Wildman–Crippen MR) is 106 cm³/mol. The molecule has 1 atom stereocenters. The molecule has 0 saturated carbocycles. The number of carbonyl (C=O) groups is 1. The van der Waals surface area contributed by atoms with Gasteiger partial charge in [-0.25, -0.2) is 0 Å². The molecule has 2 heterocycles. The molecule has 1 saturated heterocycles. The number of amides is 1. The van der Waals surface area contributed by atoms with Crippen molar-refractivity contribution in [3.05, 3.63) is 47.5 Å². The van der Waals surface area contributed by atoms with Crippen LogP contribution in [0.5, 0.6) is 17.2 Å². The van der Waals surface area contributed by atoms with Crippen LogP contribution in [0.4, 0.5) is 5.69 Å². The first-order valence-corrected chi connectivity index (χ1v) is 9.01. The molecule has 2 aliphatic heterocycles. The molecule has 0 aliphatic carbocycles. The normalized spacial score (nSPS) is 18.3. The van der Waals surface area contributed by atoms with Crippen LogP contribution in [-0.4, -0.2) is 43.3 Å². The minimum atomic E-state index is -0.326. The number of para-hydroxylation sites is 2. The van der Waals surface area contributed by atoms with Crippen LogP contribution in [0.3, 0.4) is 0 Å².